The summed E-state index contributed by atoms with van der Waals surface area (Å²) in [5.74, 6) is 0.831. The monoisotopic (exact) mass is 314 g/mol. The van der Waals surface area contributed by atoms with Crippen molar-refractivity contribution in [1.82, 2.24) is 9.78 Å². The third-order valence-corrected chi connectivity index (χ3v) is 4.01. The first-order chi connectivity index (χ1) is 9.95. The Labute approximate surface area is 124 Å². The largest absolute Gasteiger partial charge is 0.435 e. The highest BCUT2D eigenvalue weighted by molar-refractivity contribution is 7.99. The van der Waals surface area contributed by atoms with Crippen molar-refractivity contribution in [3.05, 3.63) is 41.7 Å². The van der Waals surface area contributed by atoms with E-state index < -0.39 is 11.9 Å². The topological polar surface area (TPSA) is 34.9 Å². The number of carbonyl (C=O) groups is 1. The molecule has 0 N–H and O–H groups in total. The fourth-order valence-corrected chi connectivity index (χ4v) is 2.63. The van der Waals surface area contributed by atoms with E-state index in [2.05, 4.69) is 5.10 Å². The molecule has 1 heterocycles. The molecule has 0 unspecified atom stereocenters. The maximum Gasteiger partial charge on any atom is 0.435 e. The molecule has 0 fully saturated rings. The minimum Gasteiger partial charge on any atom is -0.298 e. The SMILES string of the molecule is CCCSc1cc(-n2ccc(C(F)(F)F)n2)ccc1C=O. The zero-order chi connectivity index (χ0) is 15.5. The van der Waals surface area contributed by atoms with Crippen LogP contribution in [0.2, 0.25) is 0 Å². The van der Waals surface area contributed by atoms with Gasteiger partial charge in [-0.2, -0.15) is 18.3 Å². The Morgan fingerprint density at radius 3 is 2.67 bits per heavy atom. The zero-order valence-corrected chi connectivity index (χ0v) is 12.0. The van der Waals surface area contributed by atoms with Crippen molar-refractivity contribution in [2.45, 2.75) is 24.4 Å². The fourth-order valence-electron chi connectivity index (χ4n) is 1.72. The highest BCUT2D eigenvalue weighted by atomic mass is 32.2. The van der Waals surface area contributed by atoms with E-state index in [9.17, 15) is 18.0 Å². The first-order valence-corrected chi connectivity index (χ1v) is 7.29. The molecule has 3 nitrogen and oxygen atoms in total. The van der Waals surface area contributed by atoms with Crippen LogP contribution in [0.25, 0.3) is 5.69 Å². The van der Waals surface area contributed by atoms with Crippen molar-refractivity contribution in [2.75, 3.05) is 5.75 Å². The predicted octanol–water partition coefficient (Wildman–Crippen LogP) is 4.21. The number of benzene rings is 1. The molecule has 1 aromatic carbocycles. The molecule has 0 spiro atoms. The summed E-state index contributed by atoms with van der Waals surface area (Å²) in [5.41, 5.74) is 0.0832. The number of thioether (sulfide) groups is 1. The number of aldehydes is 1. The summed E-state index contributed by atoms with van der Waals surface area (Å²) in [5, 5.41) is 3.52. The van der Waals surface area contributed by atoms with Crippen LogP contribution < -0.4 is 0 Å². The number of aromatic nitrogens is 2. The summed E-state index contributed by atoms with van der Waals surface area (Å²) >= 11 is 1.50. The van der Waals surface area contributed by atoms with E-state index in [0.717, 1.165) is 34.1 Å². The van der Waals surface area contributed by atoms with Gasteiger partial charge in [0.1, 0.15) is 0 Å². The van der Waals surface area contributed by atoms with Gasteiger partial charge in [-0.1, -0.05) is 6.92 Å². The van der Waals surface area contributed by atoms with Crippen molar-refractivity contribution in [1.29, 1.82) is 0 Å². The first-order valence-electron chi connectivity index (χ1n) is 6.31. The van der Waals surface area contributed by atoms with Gasteiger partial charge in [-0.15, -0.1) is 11.8 Å². The molecule has 21 heavy (non-hydrogen) atoms. The van der Waals surface area contributed by atoms with Crippen LogP contribution in [0.5, 0.6) is 0 Å². The number of nitrogens with zero attached hydrogens (tertiary/aromatic N) is 2. The van der Waals surface area contributed by atoms with Gasteiger partial charge in [0.05, 0.1) is 5.69 Å². The second-order valence-electron chi connectivity index (χ2n) is 4.33. The lowest BCUT2D eigenvalue weighted by molar-refractivity contribution is -0.141. The molecule has 1 aromatic heterocycles. The van der Waals surface area contributed by atoms with E-state index in [4.69, 9.17) is 0 Å². The van der Waals surface area contributed by atoms with Gasteiger partial charge >= 0.3 is 6.18 Å². The molecule has 0 aliphatic heterocycles. The third kappa shape index (κ3) is 3.66. The van der Waals surface area contributed by atoms with E-state index in [1.807, 2.05) is 6.92 Å². The molecule has 0 aliphatic rings. The highest BCUT2D eigenvalue weighted by Gasteiger charge is 2.33. The summed E-state index contributed by atoms with van der Waals surface area (Å²) in [6.45, 7) is 2.01. The average molecular weight is 314 g/mol. The minimum absolute atomic E-state index is 0.495. The van der Waals surface area contributed by atoms with Gasteiger partial charge in [0.15, 0.2) is 12.0 Å². The van der Waals surface area contributed by atoms with Crippen LogP contribution in [-0.4, -0.2) is 21.8 Å². The van der Waals surface area contributed by atoms with Crippen LogP contribution in [0.4, 0.5) is 13.2 Å². The lowest BCUT2D eigenvalue weighted by Gasteiger charge is -2.08. The Hall–Kier alpha value is -1.76. The molecule has 7 heteroatoms. The van der Waals surface area contributed by atoms with Crippen molar-refractivity contribution in [3.63, 3.8) is 0 Å². The van der Waals surface area contributed by atoms with Gasteiger partial charge in [0, 0.05) is 16.7 Å². The van der Waals surface area contributed by atoms with Crippen LogP contribution >= 0.6 is 11.8 Å². The van der Waals surface area contributed by atoms with Crippen LogP contribution in [0.1, 0.15) is 29.4 Å². The third-order valence-electron chi connectivity index (χ3n) is 2.73. The van der Waals surface area contributed by atoms with Crippen LogP contribution in [-0.2, 0) is 6.18 Å². The van der Waals surface area contributed by atoms with Crippen molar-refractivity contribution in [2.24, 2.45) is 0 Å². The number of hydrogen-bond donors (Lipinski definition) is 0. The second-order valence-corrected chi connectivity index (χ2v) is 5.47. The number of alkyl halides is 3. The Bertz CT molecular complexity index is 637. The number of halogens is 3. The lowest BCUT2D eigenvalue weighted by atomic mass is 10.2. The molecular formula is C14H13F3N2OS. The molecule has 0 radical (unpaired) electrons. The van der Waals surface area contributed by atoms with E-state index in [-0.39, 0.29) is 0 Å². The van der Waals surface area contributed by atoms with Gasteiger partial charge in [-0.05, 0) is 36.4 Å². The fraction of sp³-hybridized carbons (Fsp3) is 0.286. The average Bonchev–Trinajstić information content (AvgIpc) is 2.94. The smallest absolute Gasteiger partial charge is 0.298 e. The summed E-state index contributed by atoms with van der Waals surface area (Å²) in [6, 6.07) is 5.77. The molecule has 0 aliphatic carbocycles. The number of hydrogen-bond acceptors (Lipinski definition) is 3. The van der Waals surface area contributed by atoms with E-state index in [1.165, 1.54) is 18.0 Å². The van der Waals surface area contributed by atoms with Crippen LogP contribution in [0.3, 0.4) is 0 Å². The lowest BCUT2D eigenvalue weighted by Crippen LogP contribution is -2.07. The van der Waals surface area contributed by atoms with Crippen molar-refractivity contribution >= 4 is 18.0 Å². The van der Waals surface area contributed by atoms with E-state index in [0.29, 0.717) is 11.3 Å². The Kier molecular flexibility index (Phi) is 4.72. The van der Waals surface area contributed by atoms with Gasteiger partial charge in [0.25, 0.3) is 0 Å². The predicted molar refractivity (Wildman–Crippen MR) is 75.0 cm³/mol. The quantitative estimate of drug-likeness (QED) is 0.612. The van der Waals surface area contributed by atoms with E-state index >= 15 is 0 Å². The van der Waals surface area contributed by atoms with Gasteiger partial charge < -0.3 is 0 Å². The Balaban J connectivity index is 2.35. The van der Waals surface area contributed by atoms with Gasteiger partial charge in [-0.25, -0.2) is 4.68 Å². The zero-order valence-electron chi connectivity index (χ0n) is 11.2. The number of carbonyl (C=O) groups excluding carboxylic acids is 1. The molecule has 2 rings (SSSR count). The standard InChI is InChI=1S/C14H13F3N2OS/c1-2-7-21-12-8-11(4-3-10(12)9-20)19-6-5-13(18-19)14(15,16)17/h3-6,8-9H,2,7H2,1H3. The van der Waals surface area contributed by atoms with E-state index in [1.54, 1.807) is 18.2 Å². The van der Waals surface area contributed by atoms with Crippen molar-refractivity contribution in [3.8, 4) is 5.69 Å². The molecule has 0 saturated carbocycles. The summed E-state index contributed by atoms with van der Waals surface area (Å²) < 4.78 is 38.8. The van der Waals surface area contributed by atoms with Gasteiger partial charge in [0.2, 0.25) is 0 Å². The summed E-state index contributed by atoms with van der Waals surface area (Å²) in [4.78, 5) is 11.7. The molecular weight excluding hydrogens is 301 g/mol. The first kappa shape index (κ1) is 15.6. The second kappa shape index (κ2) is 6.34. The summed E-state index contributed by atoms with van der Waals surface area (Å²) in [7, 11) is 0. The maximum atomic E-state index is 12.6. The maximum absolute atomic E-state index is 12.6. The minimum atomic E-state index is -4.46. The molecule has 0 atom stereocenters. The molecule has 0 amide bonds. The van der Waals surface area contributed by atoms with Crippen molar-refractivity contribution < 1.29 is 18.0 Å². The van der Waals surface area contributed by atoms with Crippen LogP contribution in [0, 0.1) is 0 Å². The molecule has 112 valence electrons. The van der Waals surface area contributed by atoms with Crippen LogP contribution in [0.15, 0.2) is 35.4 Å². The summed E-state index contributed by atoms with van der Waals surface area (Å²) in [6.07, 6.45) is -1.53. The Morgan fingerprint density at radius 2 is 2.10 bits per heavy atom. The Morgan fingerprint density at radius 1 is 1.33 bits per heavy atom. The molecule has 2 aromatic rings. The highest BCUT2D eigenvalue weighted by Crippen LogP contribution is 2.29. The van der Waals surface area contributed by atoms with Gasteiger partial charge in [-0.3, -0.25) is 4.79 Å². The molecule has 0 saturated heterocycles. The normalized spacial score (nSPS) is 11.6. The number of rotatable bonds is 5. The molecule has 0 bridgehead atoms.